The van der Waals surface area contributed by atoms with Crippen LogP contribution in [0.25, 0.3) is 0 Å². The molecule has 0 fully saturated rings. The van der Waals surface area contributed by atoms with Gasteiger partial charge in [0.2, 0.25) is 11.4 Å². The van der Waals surface area contributed by atoms with E-state index in [0.29, 0.717) is 11.3 Å². The maximum atomic E-state index is 13.7. The minimum Gasteiger partial charge on any atom is -0.496 e. The van der Waals surface area contributed by atoms with Gasteiger partial charge in [-0.3, -0.25) is 9.59 Å². The van der Waals surface area contributed by atoms with Crippen molar-refractivity contribution in [3.8, 4) is 17.2 Å². The van der Waals surface area contributed by atoms with Crippen LogP contribution in [0.3, 0.4) is 0 Å². The Kier molecular flexibility index (Phi) is 5.39. The van der Waals surface area contributed by atoms with Crippen LogP contribution in [0, 0.1) is 11.7 Å². The van der Waals surface area contributed by atoms with E-state index in [1.165, 1.54) is 38.5 Å². The fourth-order valence-corrected chi connectivity index (χ4v) is 4.24. The Hall–Kier alpha value is -3.06. The Morgan fingerprint density at radius 3 is 2.48 bits per heavy atom. The molecule has 0 bridgehead atoms. The van der Waals surface area contributed by atoms with Gasteiger partial charge in [-0.15, -0.1) is 0 Å². The SMILES string of the molecule is COc1cc(OC)c2c(c1Cl)OC1(C2=O)C(OCc2ccc(F)cc2)=CC(=O)CC1C. The van der Waals surface area contributed by atoms with Crippen molar-refractivity contribution in [2.75, 3.05) is 14.2 Å². The van der Waals surface area contributed by atoms with Crippen LogP contribution in [0.5, 0.6) is 17.2 Å². The molecular formula is C23H20ClFO6. The highest BCUT2D eigenvalue weighted by molar-refractivity contribution is 6.35. The van der Waals surface area contributed by atoms with E-state index in [4.69, 9.17) is 30.5 Å². The number of allylic oxidation sites excluding steroid dienone is 1. The van der Waals surface area contributed by atoms with E-state index < -0.39 is 17.3 Å². The normalized spacial score (nSPS) is 22.1. The van der Waals surface area contributed by atoms with Crippen LogP contribution in [0.2, 0.25) is 5.02 Å². The largest absolute Gasteiger partial charge is 0.496 e. The number of halogens is 2. The number of methoxy groups -OCH3 is 2. The molecule has 31 heavy (non-hydrogen) atoms. The van der Waals surface area contributed by atoms with Crippen molar-refractivity contribution >= 4 is 23.2 Å². The van der Waals surface area contributed by atoms with E-state index in [-0.39, 0.29) is 52.5 Å². The van der Waals surface area contributed by atoms with Gasteiger partial charge in [-0.1, -0.05) is 30.7 Å². The quantitative estimate of drug-likeness (QED) is 0.672. The first-order valence-electron chi connectivity index (χ1n) is 9.62. The number of hydrogen-bond donors (Lipinski definition) is 0. The molecule has 1 heterocycles. The minimum absolute atomic E-state index is 0.0229. The standard InChI is InChI=1S/C23H20ClFO6/c1-12-8-15(26)9-18(30-11-13-4-6-14(25)7-5-13)23(12)22(27)19-16(28-2)10-17(29-3)20(24)21(19)31-23/h4-7,9-10,12H,8,11H2,1-3H3. The Morgan fingerprint density at radius 1 is 1.16 bits per heavy atom. The summed E-state index contributed by atoms with van der Waals surface area (Å²) in [6.07, 6.45) is 1.38. The molecule has 162 valence electrons. The predicted octanol–water partition coefficient (Wildman–Crippen LogP) is 4.52. The third kappa shape index (κ3) is 3.33. The van der Waals surface area contributed by atoms with Gasteiger partial charge in [-0.25, -0.2) is 4.39 Å². The summed E-state index contributed by atoms with van der Waals surface area (Å²) in [5.74, 6) is -0.746. The topological polar surface area (TPSA) is 71.1 Å². The first-order valence-corrected chi connectivity index (χ1v) is 10.00. The van der Waals surface area contributed by atoms with Gasteiger partial charge in [0.15, 0.2) is 17.3 Å². The van der Waals surface area contributed by atoms with Gasteiger partial charge in [0.05, 0.1) is 14.2 Å². The summed E-state index contributed by atoms with van der Waals surface area (Å²) in [6, 6.07) is 7.26. The molecule has 2 aromatic carbocycles. The summed E-state index contributed by atoms with van der Waals surface area (Å²) in [6.45, 7) is 1.77. The van der Waals surface area contributed by atoms with Crippen molar-refractivity contribution in [2.24, 2.45) is 5.92 Å². The fraction of sp³-hybridized carbons (Fsp3) is 0.304. The molecule has 0 N–H and O–H groups in total. The summed E-state index contributed by atoms with van der Waals surface area (Å²) < 4.78 is 36.0. The second-order valence-electron chi connectivity index (χ2n) is 7.46. The van der Waals surface area contributed by atoms with Gasteiger partial charge in [-0.2, -0.15) is 0 Å². The molecule has 1 aliphatic heterocycles. The van der Waals surface area contributed by atoms with Gasteiger partial charge < -0.3 is 18.9 Å². The van der Waals surface area contributed by atoms with Crippen LogP contribution >= 0.6 is 11.6 Å². The van der Waals surface area contributed by atoms with Crippen LogP contribution < -0.4 is 14.2 Å². The predicted molar refractivity (Wildman–Crippen MR) is 110 cm³/mol. The van der Waals surface area contributed by atoms with E-state index in [9.17, 15) is 14.0 Å². The summed E-state index contributed by atoms with van der Waals surface area (Å²) in [5, 5.41) is 0.130. The zero-order chi connectivity index (χ0) is 22.3. The van der Waals surface area contributed by atoms with Crippen LogP contribution in [-0.4, -0.2) is 31.4 Å². The average molecular weight is 447 g/mol. The summed E-state index contributed by atoms with van der Waals surface area (Å²) in [4.78, 5) is 26.0. The molecule has 0 radical (unpaired) electrons. The fourth-order valence-electron chi connectivity index (χ4n) is 3.98. The van der Waals surface area contributed by atoms with Crippen LogP contribution in [0.1, 0.15) is 29.3 Å². The molecule has 0 saturated heterocycles. The Bertz CT molecular complexity index is 1090. The molecule has 0 aromatic heterocycles. The maximum Gasteiger partial charge on any atom is 0.231 e. The molecule has 2 aromatic rings. The number of ketones is 2. The first-order chi connectivity index (χ1) is 14.8. The summed E-state index contributed by atoms with van der Waals surface area (Å²) >= 11 is 6.44. The number of hydrogen-bond acceptors (Lipinski definition) is 6. The van der Waals surface area contributed by atoms with E-state index in [1.807, 2.05) is 0 Å². The van der Waals surface area contributed by atoms with Crippen molar-refractivity contribution in [3.05, 3.63) is 64.1 Å². The minimum atomic E-state index is -1.57. The van der Waals surface area contributed by atoms with Crippen molar-refractivity contribution in [1.29, 1.82) is 0 Å². The van der Waals surface area contributed by atoms with E-state index >= 15 is 0 Å². The van der Waals surface area contributed by atoms with Gasteiger partial charge in [0.1, 0.15) is 34.5 Å². The molecular weight excluding hydrogens is 427 g/mol. The Balaban J connectivity index is 1.77. The van der Waals surface area contributed by atoms with Crippen LogP contribution in [-0.2, 0) is 16.1 Å². The second kappa shape index (κ2) is 7.89. The number of rotatable bonds is 5. The molecule has 2 aliphatic rings. The van der Waals surface area contributed by atoms with Crippen molar-refractivity contribution in [2.45, 2.75) is 25.6 Å². The maximum absolute atomic E-state index is 13.7. The third-order valence-electron chi connectivity index (χ3n) is 5.59. The van der Waals surface area contributed by atoms with Crippen molar-refractivity contribution in [1.82, 2.24) is 0 Å². The highest BCUT2D eigenvalue weighted by Gasteiger charge is 2.60. The lowest BCUT2D eigenvalue weighted by atomic mass is 9.75. The zero-order valence-electron chi connectivity index (χ0n) is 17.2. The van der Waals surface area contributed by atoms with Gasteiger partial charge in [-0.05, 0) is 17.7 Å². The highest BCUT2D eigenvalue weighted by atomic mass is 35.5. The lowest BCUT2D eigenvalue weighted by molar-refractivity contribution is -0.118. The van der Waals surface area contributed by atoms with Crippen LogP contribution in [0.4, 0.5) is 4.39 Å². The third-order valence-corrected chi connectivity index (χ3v) is 5.94. The van der Waals surface area contributed by atoms with E-state index in [2.05, 4.69) is 0 Å². The molecule has 6 nitrogen and oxygen atoms in total. The van der Waals surface area contributed by atoms with Gasteiger partial charge in [0, 0.05) is 24.5 Å². The van der Waals surface area contributed by atoms with Crippen molar-refractivity contribution in [3.63, 3.8) is 0 Å². The molecule has 8 heteroatoms. The number of benzene rings is 2. The lowest BCUT2D eigenvalue weighted by Crippen LogP contribution is -2.51. The number of Topliss-reactive ketones (excluding diaryl/α,β-unsaturated/α-hetero) is 1. The van der Waals surface area contributed by atoms with E-state index in [1.54, 1.807) is 19.1 Å². The van der Waals surface area contributed by atoms with Crippen molar-refractivity contribution < 1.29 is 32.9 Å². The Morgan fingerprint density at radius 2 is 1.84 bits per heavy atom. The number of carbonyl (C=O) groups is 2. The number of fused-ring (bicyclic) bond motifs is 1. The molecule has 0 amide bonds. The van der Waals surface area contributed by atoms with Crippen LogP contribution in [0.15, 0.2) is 42.2 Å². The Labute approximate surface area is 183 Å². The summed E-state index contributed by atoms with van der Waals surface area (Å²) in [7, 11) is 2.87. The molecule has 2 atom stereocenters. The van der Waals surface area contributed by atoms with Gasteiger partial charge >= 0.3 is 0 Å². The molecule has 1 aliphatic carbocycles. The summed E-state index contributed by atoms with van der Waals surface area (Å²) in [5.41, 5.74) is -0.728. The smallest absolute Gasteiger partial charge is 0.231 e. The average Bonchev–Trinajstić information content (AvgIpc) is 3.06. The van der Waals surface area contributed by atoms with Gasteiger partial charge in [0.25, 0.3) is 0 Å². The molecule has 0 saturated carbocycles. The lowest BCUT2D eigenvalue weighted by Gasteiger charge is -2.37. The number of carbonyl (C=O) groups excluding carboxylic acids is 2. The number of ether oxygens (including phenoxy) is 4. The monoisotopic (exact) mass is 446 g/mol. The zero-order valence-corrected chi connectivity index (χ0v) is 17.9. The van der Waals surface area contributed by atoms with E-state index in [0.717, 1.165) is 0 Å². The second-order valence-corrected chi connectivity index (χ2v) is 7.84. The molecule has 4 rings (SSSR count). The molecule has 1 spiro atoms. The highest BCUT2D eigenvalue weighted by Crippen LogP contribution is 2.54. The molecule has 2 unspecified atom stereocenters. The first kappa shape index (κ1) is 21.2.